The number of amides is 2. The zero-order valence-electron chi connectivity index (χ0n) is 18.9. The van der Waals surface area contributed by atoms with E-state index in [4.69, 9.17) is 0 Å². The summed E-state index contributed by atoms with van der Waals surface area (Å²) in [6.45, 7) is 2.75. The predicted molar refractivity (Wildman–Crippen MR) is 125 cm³/mol. The highest BCUT2D eigenvalue weighted by atomic mass is 19.1. The van der Waals surface area contributed by atoms with Crippen LogP contribution in [0, 0.1) is 5.82 Å². The van der Waals surface area contributed by atoms with Crippen LogP contribution in [0.2, 0.25) is 0 Å². The quantitative estimate of drug-likeness (QED) is 0.486. The summed E-state index contributed by atoms with van der Waals surface area (Å²) < 4.78 is 13.4. The van der Waals surface area contributed by atoms with Gasteiger partial charge in [0.1, 0.15) is 11.9 Å². The zero-order valence-corrected chi connectivity index (χ0v) is 18.9. The van der Waals surface area contributed by atoms with E-state index in [0.717, 1.165) is 30.4 Å². The molecule has 0 spiro atoms. The molecule has 0 aromatic heterocycles. The normalized spacial score (nSPS) is 14.4. The Labute approximate surface area is 190 Å². The van der Waals surface area contributed by atoms with Gasteiger partial charge in [-0.15, -0.1) is 0 Å². The van der Waals surface area contributed by atoms with Crippen LogP contribution >= 0.6 is 0 Å². The van der Waals surface area contributed by atoms with E-state index in [-0.39, 0.29) is 24.2 Å². The minimum absolute atomic E-state index is 0.0872. The summed E-state index contributed by atoms with van der Waals surface area (Å²) in [5, 5.41) is 3.07. The first kappa shape index (κ1) is 23.7. The lowest BCUT2D eigenvalue weighted by Crippen LogP contribution is -2.43. The molecular weight excluding hydrogens is 403 g/mol. The summed E-state index contributed by atoms with van der Waals surface area (Å²) in [5.74, 6) is -0.593. The van der Waals surface area contributed by atoms with Crippen molar-refractivity contribution < 1.29 is 14.0 Å². The van der Waals surface area contributed by atoms with Gasteiger partial charge >= 0.3 is 0 Å². The lowest BCUT2D eigenvalue weighted by Gasteiger charge is -2.32. The highest BCUT2D eigenvalue weighted by molar-refractivity contribution is 5.88. The number of benzene rings is 2. The highest BCUT2D eigenvalue weighted by Gasteiger charge is 2.31. The molecule has 3 rings (SSSR count). The zero-order chi connectivity index (χ0) is 22.8. The van der Waals surface area contributed by atoms with E-state index in [1.165, 1.54) is 30.5 Å². The Bertz CT molecular complexity index is 909. The van der Waals surface area contributed by atoms with Crippen molar-refractivity contribution in [3.63, 3.8) is 0 Å². The van der Waals surface area contributed by atoms with E-state index in [1.807, 2.05) is 37.3 Å². The van der Waals surface area contributed by atoms with Gasteiger partial charge in [0.25, 0.3) is 0 Å². The highest BCUT2D eigenvalue weighted by Crippen LogP contribution is 2.25. The van der Waals surface area contributed by atoms with Crippen molar-refractivity contribution in [2.45, 2.75) is 64.5 Å². The average Bonchev–Trinajstić information content (AvgIpc) is 2.81. The summed E-state index contributed by atoms with van der Waals surface area (Å²) in [4.78, 5) is 28.1. The van der Waals surface area contributed by atoms with E-state index in [9.17, 15) is 14.0 Å². The number of carbonyl (C=O) groups excluding carboxylic acids is 2. The van der Waals surface area contributed by atoms with Crippen molar-refractivity contribution in [3.8, 4) is 0 Å². The number of rotatable bonds is 10. The molecule has 0 heterocycles. The summed E-state index contributed by atoms with van der Waals surface area (Å²) >= 11 is 0. The van der Waals surface area contributed by atoms with E-state index in [1.54, 1.807) is 17.0 Å². The molecule has 4 nitrogen and oxygen atoms in total. The Balaban J connectivity index is 1.82. The van der Waals surface area contributed by atoms with Crippen LogP contribution < -0.4 is 5.32 Å². The Kier molecular flexibility index (Phi) is 9.02. The summed E-state index contributed by atoms with van der Waals surface area (Å²) in [6, 6.07) is 14.8. The molecule has 2 amide bonds. The molecule has 0 aliphatic heterocycles. The minimum Gasteiger partial charge on any atom is -0.354 e. The molecule has 0 saturated carbocycles. The van der Waals surface area contributed by atoms with Crippen molar-refractivity contribution in [2.24, 2.45) is 0 Å². The molecule has 0 bridgehead atoms. The van der Waals surface area contributed by atoms with Gasteiger partial charge in [-0.25, -0.2) is 4.39 Å². The van der Waals surface area contributed by atoms with Crippen molar-refractivity contribution in [3.05, 3.63) is 83.2 Å². The van der Waals surface area contributed by atoms with Crippen LogP contribution in [0.3, 0.4) is 0 Å². The third-order valence-corrected chi connectivity index (χ3v) is 5.86. The molecular formula is C27H33FN2O2. The molecule has 32 heavy (non-hydrogen) atoms. The fourth-order valence-corrected chi connectivity index (χ4v) is 4.15. The SMILES string of the molecule is CCCC(=O)N(Cc1ccc(F)cc1)[C@@H](C(=O)NCCC1=CCCCC1)c1ccccc1. The number of hydrogen-bond acceptors (Lipinski definition) is 2. The Morgan fingerprint density at radius 3 is 2.47 bits per heavy atom. The molecule has 0 fully saturated rings. The van der Waals surface area contributed by atoms with E-state index in [2.05, 4.69) is 11.4 Å². The average molecular weight is 437 g/mol. The fraction of sp³-hybridized carbons (Fsp3) is 0.407. The van der Waals surface area contributed by atoms with Crippen molar-refractivity contribution >= 4 is 11.8 Å². The molecule has 0 saturated heterocycles. The van der Waals surface area contributed by atoms with E-state index in [0.29, 0.717) is 19.4 Å². The van der Waals surface area contributed by atoms with Crippen LogP contribution in [0.1, 0.15) is 69.0 Å². The van der Waals surface area contributed by atoms with Crippen LogP contribution in [0.25, 0.3) is 0 Å². The molecule has 1 aliphatic carbocycles. The Morgan fingerprint density at radius 2 is 1.81 bits per heavy atom. The van der Waals surface area contributed by atoms with E-state index >= 15 is 0 Å². The topological polar surface area (TPSA) is 49.4 Å². The first-order chi connectivity index (χ1) is 15.6. The van der Waals surface area contributed by atoms with Crippen LogP contribution in [-0.4, -0.2) is 23.3 Å². The lowest BCUT2D eigenvalue weighted by molar-refractivity contribution is -0.141. The molecule has 1 N–H and O–H groups in total. The second kappa shape index (κ2) is 12.2. The molecule has 1 aliphatic rings. The van der Waals surface area contributed by atoms with Gasteiger partial charge < -0.3 is 10.2 Å². The van der Waals surface area contributed by atoms with Crippen molar-refractivity contribution in [2.75, 3.05) is 6.54 Å². The largest absolute Gasteiger partial charge is 0.354 e. The first-order valence-corrected chi connectivity index (χ1v) is 11.6. The smallest absolute Gasteiger partial charge is 0.247 e. The first-order valence-electron chi connectivity index (χ1n) is 11.6. The van der Waals surface area contributed by atoms with E-state index < -0.39 is 6.04 Å². The van der Waals surface area contributed by atoms with Gasteiger partial charge in [0.2, 0.25) is 11.8 Å². The number of halogens is 1. The third-order valence-electron chi connectivity index (χ3n) is 5.86. The number of allylic oxidation sites excluding steroid dienone is 1. The monoisotopic (exact) mass is 436 g/mol. The van der Waals surface area contributed by atoms with Gasteiger partial charge in [-0.3, -0.25) is 9.59 Å². The Morgan fingerprint density at radius 1 is 1.06 bits per heavy atom. The van der Waals surface area contributed by atoms with Crippen LogP contribution in [-0.2, 0) is 16.1 Å². The number of hydrogen-bond donors (Lipinski definition) is 1. The predicted octanol–water partition coefficient (Wildman–Crippen LogP) is 5.70. The van der Waals surface area contributed by atoms with Crippen LogP contribution in [0.5, 0.6) is 0 Å². The van der Waals surface area contributed by atoms with Gasteiger partial charge in [-0.2, -0.15) is 0 Å². The maximum Gasteiger partial charge on any atom is 0.247 e. The van der Waals surface area contributed by atoms with Gasteiger partial charge in [-0.1, -0.05) is 61.0 Å². The summed E-state index contributed by atoms with van der Waals surface area (Å²) in [7, 11) is 0. The maximum absolute atomic E-state index is 13.4. The van der Waals surface area contributed by atoms with Crippen LogP contribution in [0.4, 0.5) is 4.39 Å². The molecule has 2 aromatic rings. The molecule has 0 unspecified atom stereocenters. The van der Waals surface area contributed by atoms with Crippen LogP contribution in [0.15, 0.2) is 66.2 Å². The maximum atomic E-state index is 13.4. The molecule has 170 valence electrons. The molecule has 2 aromatic carbocycles. The second-order valence-electron chi connectivity index (χ2n) is 8.36. The van der Waals surface area contributed by atoms with Crippen molar-refractivity contribution in [1.82, 2.24) is 10.2 Å². The standard InChI is InChI=1S/C27H33FN2O2/c1-2-9-25(31)30(20-22-14-16-24(28)17-15-22)26(23-12-7-4-8-13-23)27(32)29-19-18-21-10-5-3-6-11-21/h4,7-8,10,12-17,26H,2-3,5-6,9,11,18-20H2,1H3,(H,29,32)/t26-/m1/s1. The second-order valence-corrected chi connectivity index (χ2v) is 8.36. The number of nitrogens with one attached hydrogen (secondary N) is 1. The lowest BCUT2D eigenvalue weighted by atomic mass is 9.97. The van der Waals surface area contributed by atoms with Gasteiger partial charge in [0, 0.05) is 19.5 Å². The Hall–Kier alpha value is -2.95. The van der Waals surface area contributed by atoms with Crippen molar-refractivity contribution in [1.29, 1.82) is 0 Å². The molecule has 0 radical (unpaired) electrons. The molecule has 5 heteroatoms. The summed E-state index contributed by atoms with van der Waals surface area (Å²) in [6.07, 6.45) is 8.84. The van der Waals surface area contributed by atoms with Gasteiger partial charge in [0.05, 0.1) is 0 Å². The minimum atomic E-state index is -0.736. The third kappa shape index (κ3) is 6.78. The van der Waals surface area contributed by atoms with Gasteiger partial charge in [-0.05, 0) is 61.8 Å². The summed E-state index contributed by atoms with van der Waals surface area (Å²) in [5.41, 5.74) is 2.96. The van der Waals surface area contributed by atoms with Gasteiger partial charge in [0.15, 0.2) is 0 Å². The fourth-order valence-electron chi connectivity index (χ4n) is 4.15. The molecule has 1 atom stereocenters. The number of nitrogens with zero attached hydrogens (tertiary/aromatic N) is 1. The number of carbonyl (C=O) groups is 2.